The van der Waals surface area contributed by atoms with Gasteiger partial charge in [0.25, 0.3) is 5.91 Å². The maximum Gasteiger partial charge on any atom is 0.254 e. The summed E-state index contributed by atoms with van der Waals surface area (Å²) in [5.41, 5.74) is 1.34. The molecule has 0 atom stereocenters. The van der Waals surface area contributed by atoms with Gasteiger partial charge in [0, 0.05) is 38.2 Å². The average Bonchev–Trinajstić information content (AvgIpc) is 3.04. The topological polar surface area (TPSA) is 59.1 Å². The van der Waals surface area contributed by atoms with E-state index < -0.39 is 5.82 Å². The number of hydrogen-bond donors (Lipinski definition) is 0. The first kappa shape index (κ1) is 22.6. The van der Waals surface area contributed by atoms with Crippen LogP contribution >= 0.6 is 0 Å². The molecule has 0 aromatic heterocycles. The number of rotatable bonds is 7. The second kappa shape index (κ2) is 10.8. The van der Waals surface area contributed by atoms with Crippen molar-refractivity contribution in [3.05, 3.63) is 59.4 Å². The first-order chi connectivity index (χ1) is 15.0. The highest BCUT2D eigenvalue weighted by molar-refractivity contribution is 5.94. The van der Waals surface area contributed by atoms with Gasteiger partial charge in [-0.1, -0.05) is 12.1 Å². The number of ether oxygens (including phenoxy) is 2. The Morgan fingerprint density at radius 1 is 1.00 bits per heavy atom. The fraction of sp³-hybridized carbons (Fsp3) is 0.417. The summed E-state index contributed by atoms with van der Waals surface area (Å²) in [6.07, 6.45) is 1.68. The van der Waals surface area contributed by atoms with Crippen molar-refractivity contribution in [3.8, 4) is 11.5 Å². The van der Waals surface area contributed by atoms with Gasteiger partial charge in [0.05, 0.1) is 13.7 Å². The first-order valence-corrected chi connectivity index (χ1v) is 10.6. The van der Waals surface area contributed by atoms with E-state index in [0.29, 0.717) is 69.1 Å². The zero-order chi connectivity index (χ0) is 22.2. The van der Waals surface area contributed by atoms with Crippen LogP contribution in [0.15, 0.2) is 42.5 Å². The number of methoxy groups -OCH3 is 1. The summed E-state index contributed by atoms with van der Waals surface area (Å²) in [5, 5.41) is 0. The van der Waals surface area contributed by atoms with E-state index in [2.05, 4.69) is 0 Å². The molecule has 6 nitrogen and oxygen atoms in total. The highest BCUT2D eigenvalue weighted by atomic mass is 19.1. The predicted molar refractivity (Wildman–Crippen MR) is 116 cm³/mol. The van der Waals surface area contributed by atoms with Gasteiger partial charge in [-0.15, -0.1) is 0 Å². The SMILES string of the molecule is CCOc1ccc(CCC(=O)N2CCCN(C(=O)c3cccc(F)c3)CC2)cc1OC. The average molecular weight is 429 g/mol. The lowest BCUT2D eigenvalue weighted by Crippen LogP contribution is -2.37. The van der Waals surface area contributed by atoms with Crippen molar-refractivity contribution >= 4 is 11.8 Å². The molecular formula is C24H29FN2O4. The van der Waals surface area contributed by atoms with Gasteiger partial charge in [-0.25, -0.2) is 4.39 Å². The van der Waals surface area contributed by atoms with Crippen LogP contribution in [-0.4, -0.2) is 61.5 Å². The van der Waals surface area contributed by atoms with Crippen molar-refractivity contribution in [2.24, 2.45) is 0 Å². The molecule has 1 saturated heterocycles. The second-order valence-corrected chi connectivity index (χ2v) is 7.46. The Labute approximate surface area is 182 Å². The van der Waals surface area contributed by atoms with Gasteiger partial charge < -0.3 is 19.3 Å². The van der Waals surface area contributed by atoms with Crippen molar-refractivity contribution in [3.63, 3.8) is 0 Å². The molecule has 2 aromatic rings. The molecule has 0 bridgehead atoms. The molecular weight excluding hydrogens is 399 g/mol. The van der Waals surface area contributed by atoms with Gasteiger partial charge in [-0.3, -0.25) is 9.59 Å². The van der Waals surface area contributed by atoms with Crippen LogP contribution in [0.3, 0.4) is 0 Å². The minimum atomic E-state index is -0.427. The molecule has 166 valence electrons. The Hall–Kier alpha value is -3.09. The van der Waals surface area contributed by atoms with Crippen molar-refractivity contribution in [2.75, 3.05) is 39.9 Å². The van der Waals surface area contributed by atoms with Crippen LogP contribution in [0.1, 0.15) is 35.7 Å². The Bertz CT molecular complexity index is 918. The molecule has 3 rings (SSSR count). The van der Waals surface area contributed by atoms with Crippen molar-refractivity contribution in [2.45, 2.75) is 26.2 Å². The van der Waals surface area contributed by atoms with Crippen LogP contribution in [0, 0.1) is 5.82 Å². The second-order valence-electron chi connectivity index (χ2n) is 7.46. The monoisotopic (exact) mass is 428 g/mol. The molecule has 31 heavy (non-hydrogen) atoms. The minimum Gasteiger partial charge on any atom is -0.493 e. The lowest BCUT2D eigenvalue weighted by atomic mass is 10.1. The van der Waals surface area contributed by atoms with Crippen LogP contribution < -0.4 is 9.47 Å². The van der Waals surface area contributed by atoms with Crippen LogP contribution in [0.4, 0.5) is 4.39 Å². The Balaban J connectivity index is 1.54. The van der Waals surface area contributed by atoms with Gasteiger partial charge in [-0.05, 0) is 55.7 Å². The van der Waals surface area contributed by atoms with Gasteiger partial charge in [-0.2, -0.15) is 0 Å². The zero-order valence-electron chi connectivity index (χ0n) is 18.1. The standard InChI is InChI=1S/C24H29FN2O4/c1-3-31-21-10-8-18(16-22(21)30-2)9-11-23(28)26-12-5-13-27(15-14-26)24(29)19-6-4-7-20(25)17-19/h4,6-8,10,16-17H,3,5,9,11-15H2,1-2H3. The maximum absolute atomic E-state index is 13.4. The van der Waals surface area contributed by atoms with Crippen LogP contribution in [0.2, 0.25) is 0 Å². The zero-order valence-corrected chi connectivity index (χ0v) is 18.1. The van der Waals surface area contributed by atoms with E-state index in [0.717, 1.165) is 5.56 Å². The van der Waals surface area contributed by atoms with Crippen LogP contribution in [0.25, 0.3) is 0 Å². The fourth-order valence-corrected chi connectivity index (χ4v) is 3.73. The molecule has 1 aliphatic heterocycles. The Morgan fingerprint density at radius 2 is 1.77 bits per heavy atom. The summed E-state index contributed by atoms with van der Waals surface area (Å²) in [7, 11) is 1.60. The van der Waals surface area contributed by atoms with Crippen molar-refractivity contribution < 1.29 is 23.5 Å². The highest BCUT2D eigenvalue weighted by Crippen LogP contribution is 2.28. The summed E-state index contributed by atoms with van der Waals surface area (Å²) in [6, 6.07) is 11.4. The molecule has 0 N–H and O–H groups in total. The normalized spacial score (nSPS) is 14.2. The quantitative estimate of drug-likeness (QED) is 0.677. The van der Waals surface area contributed by atoms with E-state index in [1.165, 1.54) is 18.2 Å². The van der Waals surface area contributed by atoms with Crippen LogP contribution in [-0.2, 0) is 11.2 Å². The van der Waals surface area contributed by atoms with E-state index in [4.69, 9.17) is 9.47 Å². The minimum absolute atomic E-state index is 0.0629. The molecule has 7 heteroatoms. The molecule has 2 aromatic carbocycles. The van der Waals surface area contributed by atoms with Crippen molar-refractivity contribution in [1.29, 1.82) is 0 Å². The summed E-state index contributed by atoms with van der Waals surface area (Å²) in [5.74, 6) is 0.787. The smallest absolute Gasteiger partial charge is 0.254 e. The number of carbonyl (C=O) groups excluding carboxylic acids is 2. The number of benzene rings is 2. The number of aryl methyl sites for hydroxylation is 1. The highest BCUT2D eigenvalue weighted by Gasteiger charge is 2.23. The van der Waals surface area contributed by atoms with E-state index in [-0.39, 0.29) is 11.8 Å². The largest absolute Gasteiger partial charge is 0.493 e. The molecule has 1 aliphatic rings. The molecule has 1 heterocycles. The lowest BCUT2D eigenvalue weighted by Gasteiger charge is -2.22. The predicted octanol–water partition coefficient (Wildman–Crippen LogP) is 3.54. The molecule has 2 amide bonds. The summed E-state index contributed by atoms with van der Waals surface area (Å²) in [6.45, 7) is 4.56. The third-order valence-electron chi connectivity index (χ3n) is 5.36. The molecule has 0 spiro atoms. The van der Waals surface area contributed by atoms with Crippen LogP contribution in [0.5, 0.6) is 11.5 Å². The Morgan fingerprint density at radius 3 is 2.52 bits per heavy atom. The molecule has 1 fully saturated rings. The van der Waals surface area contributed by atoms with E-state index in [1.807, 2.05) is 30.0 Å². The summed E-state index contributed by atoms with van der Waals surface area (Å²) < 4.78 is 24.3. The van der Waals surface area contributed by atoms with Crippen molar-refractivity contribution in [1.82, 2.24) is 9.80 Å². The third kappa shape index (κ3) is 5.96. The maximum atomic E-state index is 13.4. The summed E-state index contributed by atoms with van der Waals surface area (Å²) >= 11 is 0. The molecule has 0 unspecified atom stereocenters. The number of halogens is 1. The summed E-state index contributed by atoms with van der Waals surface area (Å²) in [4.78, 5) is 28.9. The number of nitrogens with zero attached hydrogens (tertiary/aromatic N) is 2. The molecule has 0 saturated carbocycles. The lowest BCUT2D eigenvalue weighted by molar-refractivity contribution is -0.131. The third-order valence-corrected chi connectivity index (χ3v) is 5.36. The number of amides is 2. The van der Waals surface area contributed by atoms with E-state index >= 15 is 0 Å². The fourth-order valence-electron chi connectivity index (χ4n) is 3.73. The van der Waals surface area contributed by atoms with Gasteiger partial charge in [0.2, 0.25) is 5.91 Å². The number of hydrogen-bond acceptors (Lipinski definition) is 4. The van der Waals surface area contributed by atoms with Gasteiger partial charge in [0.15, 0.2) is 11.5 Å². The van der Waals surface area contributed by atoms with Gasteiger partial charge in [0.1, 0.15) is 5.82 Å². The Kier molecular flexibility index (Phi) is 7.87. The first-order valence-electron chi connectivity index (χ1n) is 10.6. The molecule has 0 aliphatic carbocycles. The number of carbonyl (C=O) groups is 2. The van der Waals surface area contributed by atoms with E-state index in [9.17, 15) is 14.0 Å². The van der Waals surface area contributed by atoms with Gasteiger partial charge >= 0.3 is 0 Å². The van der Waals surface area contributed by atoms with E-state index in [1.54, 1.807) is 18.1 Å². The molecule has 0 radical (unpaired) electrons.